The highest BCUT2D eigenvalue weighted by Crippen LogP contribution is 2.23. The summed E-state index contributed by atoms with van der Waals surface area (Å²) < 4.78 is 0. The molecule has 0 aliphatic heterocycles. The highest BCUT2D eigenvalue weighted by atomic mass is 16.3. The molecule has 2 N–H and O–H groups in total. The monoisotopic (exact) mass is 214 g/mol. The van der Waals surface area contributed by atoms with Crippen LogP contribution in [-0.2, 0) is 0 Å². The van der Waals surface area contributed by atoms with Crippen molar-refractivity contribution in [1.82, 2.24) is 10.2 Å². The molecule has 3 nitrogen and oxygen atoms in total. The molecule has 0 radical (unpaired) electrons. The van der Waals surface area contributed by atoms with Gasteiger partial charge in [-0.15, -0.1) is 0 Å². The fourth-order valence-corrected chi connectivity index (χ4v) is 1.80. The fraction of sp³-hybridized carbons (Fsp3) is 1.00. The summed E-state index contributed by atoms with van der Waals surface area (Å²) in [6.07, 6.45) is 3.70. The number of likely N-dealkylation sites (N-methyl/N-ethyl adjacent to an activating group) is 1. The summed E-state index contributed by atoms with van der Waals surface area (Å²) in [4.78, 5) is 2.29. The van der Waals surface area contributed by atoms with E-state index in [1.165, 1.54) is 19.3 Å². The summed E-state index contributed by atoms with van der Waals surface area (Å²) in [7, 11) is 2.12. The summed E-state index contributed by atoms with van der Waals surface area (Å²) in [5, 5.41) is 13.2. The lowest BCUT2D eigenvalue weighted by Crippen LogP contribution is -2.47. The van der Waals surface area contributed by atoms with Crippen LogP contribution in [0.1, 0.15) is 40.0 Å². The Hall–Kier alpha value is -0.120. The van der Waals surface area contributed by atoms with Gasteiger partial charge in [-0.1, -0.05) is 6.42 Å². The van der Waals surface area contributed by atoms with Crippen LogP contribution in [0.2, 0.25) is 0 Å². The van der Waals surface area contributed by atoms with Gasteiger partial charge in [0.15, 0.2) is 0 Å². The zero-order valence-corrected chi connectivity index (χ0v) is 10.6. The van der Waals surface area contributed by atoms with Crippen LogP contribution in [0.3, 0.4) is 0 Å². The van der Waals surface area contributed by atoms with Crippen molar-refractivity contribution in [3.8, 4) is 0 Å². The number of hydrogen-bond donors (Lipinski definition) is 2. The van der Waals surface area contributed by atoms with Crippen LogP contribution in [0.15, 0.2) is 0 Å². The van der Waals surface area contributed by atoms with E-state index in [4.69, 9.17) is 0 Å². The first-order valence-electron chi connectivity index (χ1n) is 6.02. The molecule has 0 aromatic carbocycles. The van der Waals surface area contributed by atoms with Crippen molar-refractivity contribution in [2.24, 2.45) is 0 Å². The third-order valence-electron chi connectivity index (χ3n) is 3.06. The Morgan fingerprint density at radius 1 is 1.40 bits per heavy atom. The van der Waals surface area contributed by atoms with Gasteiger partial charge in [0.05, 0.1) is 6.10 Å². The van der Waals surface area contributed by atoms with Gasteiger partial charge >= 0.3 is 0 Å². The van der Waals surface area contributed by atoms with Crippen molar-refractivity contribution in [3.63, 3.8) is 0 Å². The number of hydrogen-bond acceptors (Lipinski definition) is 3. The summed E-state index contributed by atoms with van der Waals surface area (Å²) in [5.74, 6) is 0. The van der Waals surface area contributed by atoms with Crippen LogP contribution in [0.25, 0.3) is 0 Å². The first kappa shape index (κ1) is 12.9. The van der Waals surface area contributed by atoms with Crippen molar-refractivity contribution in [2.45, 2.75) is 57.7 Å². The minimum absolute atomic E-state index is 0.0933. The molecule has 90 valence electrons. The Bertz CT molecular complexity index is 185. The third-order valence-corrected chi connectivity index (χ3v) is 3.06. The van der Waals surface area contributed by atoms with Crippen molar-refractivity contribution in [2.75, 3.05) is 20.1 Å². The molecule has 1 atom stereocenters. The average Bonchev–Trinajstić information content (AvgIpc) is 1.95. The molecule has 1 fully saturated rings. The van der Waals surface area contributed by atoms with E-state index in [-0.39, 0.29) is 11.6 Å². The standard InChI is InChI=1S/C12H26N2O/c1-12(2,3)13-8-11(15)9-14(4)10-6-5-7-10/h10-11,13,15H,5-9H2,1-4H3. The van der Waals surface area contributed by atoms with Crippen molar-refractivity contribution in [1.29, 1.82) is 0 Å². The molecular weight excluding hydrogens is 188 g/mol. The van der Waals surface area contributed by atoms with Crippen LogP contribution in [0, 0.1) is 0 Å². The quantitative estimate of drug-likeness (QED) is 0.722. The minimum Gasteiger partial charge on any atom is -0.390 e. The van der Waals surface area contributed by atoms with Crippen LogP contribution in [0.5, 0.6) is 0 Å². The molecule has 1 rings (SSSR count). The van der Waals surface area contributed by atoms with Gasteiger partial charge in [0.25, 0.3) is 0 Å². The molecule has 1 aliphatic rings. The van der Waals surface area contributed by atoms with E-state index in [9.17, 15) is 5.11 Å². The number of aliphatic hydroxyl groups is 1. The summed E-state index contributed by atoms with van der Waals surface area (Å²) in [6, 6.07) is 0.717. The Labute approximate surface area is 93.9 Å². The fourth-order valence-electron chi connectivity index (χ4n) is 1.80. The van der Waals surface area contributed by atoms with E-state index in [0.29, 0.717) is 12.6 Å². The maximum atomic E-state index is 9.85. The summed E-state index contributed by atoms with van der Waals surface area (Å²) in [6.45, 7) is 7.83. The van der Waals surface area contributed by atoms with E-state index >= 15 is 0 Å². The molecule has 1 saturated carbocycles. The second-order valence-corrected chi connectivity index (χ2v) is 5.81. The Balaban J connectivity index is 2.14. The van der Waals surface area contributed by atoms with Crippen molar-refractivity contribution >= 4 is 0 Å². The van der Waals surface area contributed by atoms with Gasteiger partial charge < -0.3 is 15.3 Å². The Morgan fingerprint density at radius 3 is 2.40 bits per heavy atom. The summed E-state index contributed by atoms with van der Waals surface area (Å²) >= 11 is 0. The predicted octanol–water partition coefficient (Wildman–Crippen LogP) is 1.22. The minimum atomic E-state index is -0.255. The number of aliphatic hydroxyl groups excluding tert-OH is 1. The van der Waals surface area contributed by atoms with Crippen molar-refractivity contribution < 1.29 is 5.11 Å². The molecule has 0 aromatic rings. The molecule has 1 aliphatic carbocycles. The maximum Gasteiger partial charge on any atom is 0.0791 e. The highest BCUT2D eigenvalue weighted by Gasteiger charge is 2.23. The lowest BCUT2D eigenvalue weighted by Gasteiger charge is -2.36. The van der Waals surface area contributed by atoms with Gasteiger partial charge in [-0.2, -0.15) is 0 Å². The van der Waals surface area contributed by atoms with Gasteiger partial charge in [-0.05, 0) is 40.7 Å². The number of rotatable bonds is 5. The van der Waals surface area contributed by atoms with Gasteiger partial charge in [0.1, 0.15) is 0 Å². The number of nitrogens with one attached hydrogen (secondary N) is 1. The average molecular weight is 214 g/mol. The first-order valence-corrected chi connectivity index (χ1v) is 6.02. The van der Waals surface area contributed by atoms with Gasteiger partial charge in [0.2, 0.25) is 0 Å². The van der Waals surface area contributed by atoms with E-state index in [0.717, 1.165) is 6.54 Å². The molecular formula is C12H26N2O. The topological polar surface area (TPSA) is 35.5 Å². The molecule has 15 heavy (non-hydrogen) atoms. The molecule has 0 aromatic heterocycles. The smallest absolute Gasteiger partial charge is 0.0791 e. The molecule has 3 heteroatoms. The van der Waals surface area contributed by atoms with Gasteiger partial charge in [-0.25, -0.2) is 0 Å². The van der Waals surface area contributed by atoms with Gasteiger partial charge in [-0.3, -0.25) is 0 Å². The molecule has 1 unspecified atom stereocenters. The molecule has 0 amide bonds. The van der Waals surface area contributed by atoms with Crippen molar-refractivity contribution in [3.05, 3.63) is 0 Å². The first-order chi connectivity index (χ1) is 6.88. The second kappa shape index (κ2) is 5.28. The highest BCUT2D eigenvalue weighted by molar-refractivity contribution is 4.80. The lowest BCUT2D eigenvalue weighted by atomic mass is 9.92. The molecule has 0 bridgehead atoms. The van der Waals surface area contributed by atoms with Crippen LogP contribution in [0.4, 0.5) is 0 Å². The predicted molar refractivity (Wildman–Crippen MR) is 64.0 cm³/mol. The third kappa shape index (κ3) is 4.96. The van der Waals surface area contributed by atoms with E-state index in [2.05, 4.69) is 38.0 Å². The second-order valence-electron chi connectivity index (χ2n) is 5.81. The molecule has 0 heterocycles. The Kier molecular flexibility index (Phi) is 4.56. The van der Waals surface area contributed by atoms with Crippen LogP contribution in [-0.4, -0.2) is 47.8 Å². The SMILES string of the molecule is CN(CC(O)CNC(C)(C)C)C1CCC1. The van der Waals surface area contributed by atoms with Gasteiger partial charge in [0, 0.05) is 24.7 Å². The van der Waals surface area contributed by atoms with Crippen LogP contribution < -0.4 is 5.32 Å². The van der Waals surface area contributed by atoms with E-state index in [1.54, 1.807) is 0 Å². The van der Waals surface area contributed by atoms with E-state index < -0.39 is 0 Å². The molecule has 0 spiro atoms. The molecule has 0 saturated heterocycles. The summed E-state index contributed by atoms with van der Waals surface area (Å²) in [5.41, 5.74) is 0.0933. The van der Waals surface area contributed by atoms with E-state index in [1.807, 2.05) is 0 Å². The zero-order chi connectivity index (χ0) is 11.5. The largest absolute Gasteiger partial charge is 0.390 e. The Morgan fingerprint density at radius 2 is 2.00 bits per heavy atom. The normalized spacial score (nSPS) is 20.4. The number of β-amino-alcohol motifs (C(OH)–C–C–N with tert-alkyl or cyclic N) is 1. The maximum absolute atomic E-state index is 9.85. The number of nitrogens with zero attached hydrogens (tertiary/aromatic N) is 1. The van der Waals surface area contributed by atoms with Crippen LogP contribution >= 0.6 is 0 Å². The lowest BCUT2D eigenvalue weighted by molar-refractivity contribution is 0.0737. The zero-order valence-electron chi connectivity index (χ0n) is 10.6.